The van der Waals surface area contributed by atoms with Crippen LogP contribution in [0.15, 0.2) is 6.07 Å². The highest BCUT2D eigenvalue weighted by Gasteiger charge is 2.21. The van der Waals surface area contributed by atoms with Crippen LogP contribution in [-0.2, 0) is 0 Å². The second-order valence-electron chi connectivity index (χ2n) is 2.60. The molecule has 1 aromatic heterocycles. The Labute approximate surface area is 85.8 Å². The maximum atomic E-state index is 12.6. The normalized spacial score (nSPS) is 10.3. The molecule has 0 radical (unpaired) electrons. The largest absolute Gasteiger partial charge is 0.491 e. The van der Waals surface area contributed by atoms with E-state index in [9.17, 15) is 8.78 Å². The lowest BCUT2D eigenvalue weighted by Crippen LogP contribution is -2.01. The van der Waals surface area contributed by atoms with E-state index in [2.05, 4.69) is 4.98 Å². The predicted molar refractivity (Wildman–Crippen MR) is 48.9 cm³/mol. The molecule has 1 rings (SSSR count). The fourth-order valence-corrected chi connectivity index (χ4v) is 1.12. The number of rotatable bonds is 4. The maximum Gasteiger partial charge on any atom is 0.267 e. The van der Waals surface area contributed by atoms with Gasteiger partial charge in [0.1, 0.15) is 0 Å². The van der Waals surface area contributed by atoms with Gasteiger partial charge in [-0.3, -0.25) is 0 Å². The van der Waals surface area contributed by atoms with Gasteiger partial charge >= 0.3 is 0 Å². The number of ether oxygens (including phenoxy) is 3. The van der Waals surface area contributed by atoms with Crippen molar-refractivity contribution in [3.8, 4) is 17.5 Å². The Hall–Kier alpha value is -1.59. The van der Waals surface area contributed by atoms with Crippen LogP contribution in [0.3, 0.4) is 0 Å². The number of alkyl halides is 2. The first-order valence-corrected chi connectivity index (χ1v) is 4.09. The lowest BCUT2D eigenvalue weighted by Gasteiger charge is -2.12. The number of hydrogen-bond donors (Lipinski definition) is 0. The van der Waals surface area contributed by atoms with Gasteiger partial charge in [-0.05, 0) is 0 Å². The molecule has 0 spiro atoms. The van der Waals surface area contributed by atoms with Crippen molar-refractivity contribution in [2.45, 2.75) is 6.43 Å². The maximum absolute atomic E-state index is 12.6. The third-order valence-electron chi connectivity index (χ3n) is 1.79. The zero-order chi connectivity index (χ0) is 11.4. The summed E-state index contributed by atoms with van der Waals surface area (Å²) < 4.78 is 39.6. The summed E-state index contributed by atoms with van der Waals surface area (Å²) in [6, 6.07) is 1.12. The van der Waals surface area contributed by atoms with Crippen LogP contribution < -0.4 is 14.2 Å². The first-order chi connectivity index (χ1) is 7.13. The minimum Gasteiger partial charge on any atom is -0.491 e. The summed E-state index contributed by atoms with van der Waals surface area (Å²) in [4.78, 5) is 3.82. The van der Waals surface area contributed by atoms with Crippen LogP contribution >= 0.6 is 0 Å². The van der Waals surface area contributed by atoms with Crippen LogP contribution in [0.4, 0.5) is 8.78 Å². The van der Waals surface area contributed by atoms with Crippen molar-refractivity contribution in [1.82, 2.24) is 4.98 Å². The van der Waals surface area contributed by atoms with Crippen molar-refractivity contribution in [3.63, 3.8) is 0 Å². The molecule has 1 aromatic rings. The molecule has 0 bridgehead atoms. The lowest BCUT2D eigenvalue weighted by atomic mass is 10.2. The third-order valence-corrected chi connectivity index (χ3v) is 1.79. The highest BCUT2D eigenvalue weighted by Crippen LogP contribution is 2.37. The van der Waals surface area contributed by atoms with Crippen molar-refractivity contribution in [3.05, 3.63) is 11.6 Å². The van der Waals surface area contributed by atoms with Gasteiger partial charge in [-0.2, -0.15) is 4.98 Å². The molecule has 0 saturated carbocycles. The van der Waals surface area contributed by atoms with Gasteiger partial charge < -0.3 is 14.2 Å². The van der Waals surface area contributed by atoms with Crippen molar-refractivity contribution >= 4 is 0 Å². The number of hydrogen-bond acceptors (Lipinski definition) is 4. The smallest absolute Gasteiger partial charge is 0.267 e. The van der Waals surface area contributed by atoms with Gasteiger partial charge in [0.25, 0.3) is 12.3 Å². The highest BCUT2D eigenvalue weighted by atomic mass is 19.3. The van der Waals surface area contributed by atoms with Crippen LogP contribution in [0, 0.1) is 0 Å². The van der Waals surface area contributed by atoms with Gasteiger partial charge in [0.2, 0.25) is 5.88 Å². The van der Waals surface area contributed by atoms with E-state index in [1.54, 1.807) is 0 Å². The Morgan fingerprint density at radius 1 is 1.13 bits per heavy atom. The summed E-state index contributed by atoms with van der Waals surface area (Å²) in [5, 5.41) is 0. The van der Waals surface area contributed by atoms with Gasteiger partial charge in [0.15, 0.2) is 5.75 Å². The average Bonchev–Trinajstić information content (AvgIpc) is 2.26. The van der Waals surface area contributed by atoms with Gasteiger partial charge in [0.05, 0.1) is 26.9 Å². The van der Waals surface area contributed by atoms with E-state index in [-0.39, 0.29) is 23.1 Å². The van der Waals surface area contributed by atoms with E-state index >= 15 is 0 Å². The second-order valence-corrected chi connectivity index (χ2v) is 2.60. The Balaban J connectivity index is 3.32. The lowest BCUT2D eigenvalue weighted by molar-refractivity contribution is 0.145. The molecular weight excluding hydrogens is 208 g/mol. The highest BCUT2D eigenvalue weighted by molar-refractivity contribution is 5.45. The molecule has 4 nitrogen and oxygen atoms in total. The SMILES string of the molecule is COc1cc(C(F)F)c(OC)c(OC)n1. The Morgan fingerprint density at radius 3 is 2.20 bits per heavy atom. The fraction of sp³-hybridized carbons (Fsp3) is 0.444. The molecule has 0 aliphatic heterocycles. The molecule has 0 N–H and O–H groups in total. The van der Waals surface area contributed by atoms with Crippen LogP contribution in [0.25, 0.3) is 0 Å². The molecule has 0 amide bonds. The molecule has 0 unspecified atom stereocenters. The summed E-state index contributed by atoms with van der Waals surface area (Å²) in [6.07, 6.45) is -2.68. The summed E-state index contributed by atoms with van der Waals surface area (Å²) in [6.45, 7) is 0. The van der Waals surface area contributed by atoms with E-state index in [0.717, 1.165) is 6.07 Å². The van der Waals surface area contributed by atoms with Gasteiger partial charge in [-0.15, -0.1) is 0 Å². The van der Waals surface area contributed by atoms with Crippen molar-refractivity contribution < 1.29 is 23.0 Å². The minimum atomic E-state index is -2.68. The number of nitrogens with zero attached hydrogens (tertiary/aromatic N) is 1. The van der Waals surface area contributed by atoms with Gasteiger partial charge in [-0.25, -0.2) is 8.78 Å². The molecule has 0 aliphatic rings. The zero-order valence-corrected chi connectivity index (χ0v) is 8.58. The first kappa shape index (κ1) is 11.5. The van der Waals surface area contributed by atoms with Gasteiger partial charge in [0, 0.05) is 6.07 Å². The molecule has 0 atom stereocenters. The summed E-state index contributed by atoms with van der Waals surface area (Å²) in [7, 11) is 3.93. The van der Waals surface area contributed by atoms with Crippen LogP contribution in [0.2, 0.25) is 0 Å². The Morgan fingerprint density at radius 2 is 1.80 bits per heavy atom. The molecule has 6 heteroatoms. The Kier molecular flexibility index (Phi) is 3.65. The van der Waals surface area contributed by atoms with Crippen LogP contribution in [-0.4, -0.2) is 26.3 Å². The quantitative estimate of drug-likeness (QED) is 0.777. The first-order valence-electron chi connectivity index (χ1n) is 4.09. The summed E-state index contributed by atoms with van der Waals surface area (Å²) >= 11 is 0. The summed E-state index contributed by atoms with van der Waals surface area (Å²) in [5.41, 5.74) is -0.304. The zero-order valence-electron chi connectivity index (χ0n) is 8.58. The van der Waals surface area contributed by atoms with E-state index in [1.165, 1.54) is 21.3 Å². The van der Waals surface area contributed by atoms with Crippen molar-refractivity contribution in [1.29, 1.82) is 0 Å². The monoisotopic (exact) mass is 219 g/mol. The van der Waals surface area contributed by atoms with E-state index in [4.69, 9.17) is 14.2 Å². The average molecular weight is 219 g/mol. The number of halogens is 2. The molecule has 0 saturated heterocycles. The molecule has 84 valence electrons. The third kappa shape index (κ3) is 2.26. The summed E-state index contributed by atoms with van der Waals surface area (Å²) in [5.74, 6) is -0.0385. The molecule has 0 aliphatic carbocycles. The van der Waals surface area contributed by atoms with Crippen molar-refractivity contribution in [2.75, 3.05) is 21.3 Å². The number of methoxy groups -OCH3 is 3. The molecule has 15 heavy (non-hydrogen) atoms. The fourth-order valence-electron chi connectivity index (χ4n) is 1.12. The minimum absolute atomic E-state index is 0.0212. The molecule has 0 fully saturated rings. The van der Waals surface area contributed by atoms with Crippen LogP contribution in [0.1, 0.15) is 12.0 Å². The van der Waals surface area contributed by atoms with Gasteiger partial charge in [-0.1, -0.05) is 0 Å². The molecule has 1 heterocycles. The standard InChI is InChI=1S/C9H11F2NO3/c1-13-6-4-5(8(10)11)7(14-2)9(12-6)15-3/h4,8H,1-3H3. The molecule has 0 aromatic carbocycles. The topological polar surface area (TPSA) is 40.6 Å². The van der Waals surface area contributed by atoms with E-state index in [1.807, 2.05) is 0 Å². The number of pyridine rings is 1. The van der Waals surface area contributed by atoms with Crippen LogP contribution in [0.5, 0.6) is 17.5 Å². The van der Waals surface area contributed by atoms with E-state index < -0.39 is 6.43 Å². The number of aromatic nitrogens is 1. The predicted octanol–water partition coefficient (Wildman–Crippen LogP) is 2.04. The van der Waals surface area contributed by atoms with E-state index in [0.29, 0.717) is 0 Å². The Bertz CT molecular complexity index is 344. The molecular formula is C9H11F2NO3. The second kappa shape index (κ2) is 4.77. The van der Waals surface area contributed by atoms with Crippen molar-refractivity contribution in [2.24, 2.45) is 0 Å².